The van der Waals surface area contributed by atoms with Crippen LogP contribution in [0.2, 0.25) is 0 Å². The maximum Gasteiger partial charge on any atom is 0.139 e. The maximum atomic E-state index is 11.9. The molecule has 0 radical (unpaired) electrons. The lowest BCUT2D eigenvalue weighted by Crippen LogP contribution is -2.04. The highest BCUT2D eigenvalue weighted by molar-refractivity contribution is 9.10. The topological polar surface area (TPSA) is 17.1 Å². The monoisotopic (exact) mass is 328 g/mol. The second-order valence-electron chi connectivity index (χ2n) is 5.15. The third kappa shape index (κ3) is 4.97. The second-order valence-corrected chi connectivity index (χ2v) is 6.07. The Morgan fingerprint density at radius 3 is 1.80 bits per heavy atom. The molecule has 0 aliphatic carbocycles. The van der Waals surface area contributed by atoms with Crippen LogP contribution < -0.4 is 5.46 Å². The summed E-state index contributed by atoms with van der Waals surface area (Å²) in [5, 5.41) is 0. The molecule has 2 rings (SSSR count). The van der Waals surface area contributed by atoms with Gasteiger partial charge in [-0.05, 0) is 36.1 Å². The van der Waals surface area contributed by atoms with Crippen molar-refractivity contribution in [2.45, 2.75) is 25.7 Å². The lowest BCUT2D eigenvalue weighted by atomic mass is 9.94. The van der Waals surface area contributed by atoms with Crippen LogP contribution in [0.3, 0.4) is 0 Å². The van der Waals surface area contributed by atoms with Gasteiger partial charge in [0.15, 0.2) is 0 Å². The molecule has 0 spiro atoms. The van der Waals surface area contributed by atoms with Crippen LogP contribution in [0.1, 0.15) is 24.0 Å². The normalized spacial score (nSPS) is 10.4. The quantitative estimate of drug-likeness (QED) is 0.745. The van der Waals surface area contributed by atoms with Crippen molar-refractivity contribution in [2.24, 2.45) is 0 Å². The van der Waals surface area contributed by atoms with Crippen molar-refractivity contribution < 1.29 is 4.79 Å². The van der Waals surface area contributed by atoms with Gasteiger partial charge in [0, 0.05) is 17.3 Å². The van der Waals surface area contributed by atoms with Crippen LogP contribution in [0.4, 0.5) is 0 Å². The first kappa shape index (κ1) is 15.1. The molecule has 0 bridgehead atoms. The van der Waals surface area contributed by atoms with Gasteiger partial charge in [0.05, 0.1) is 0 Å². The van der Waals surface area contributed by atoms with E-state index in [4.69, 9.17) is 0 Å². The van der Waals surface area contributed by atoms with Gasteiger partial charge in [0.1, 0.15) is 13.6 Å². The fourth-order valence-corrected chi connectivity index (χ4v) is 2.36. The van der Waals surface area contributed by atoms with Crippen molar-refractivity contribution in [3.8, 4) is 0 Å². The molecule has 0 aliphatic rings. The number of hydrogen-bond donors (Lipinski definition) is 0. The van der Waals surface area contributed by atoms with Gasteiger partial charge in [-0.3, -0.25) is 4.79 Å². The van der Waals surface area contributed by atoms with Gasteiger partial charge in [-0.1, -0.05) is 57.8 Å². The molecule has 0 N–H and O–H groups in total. The van der Waals surface area contributed by atoms with E-state index in [1.165, 1.54) is 16.6 Å². The molecule has 0 fully saturated rings. The van der Waals surface area contributed by atoms with Crippen LogP contribution in [0.15, 0.2) is 53.0 Å². The van der Waals surface area contributed by atoms with Crippen molar-refractivity contribution in [1.82, 2.24) is 0 Å². The standard InChI is InChI=1S/C17H18BBrO/c18-15-7-1-13(2-8-15)5-11-17(20)12-6-14-3-9-16(19)10-4-14/h1-4,7-10H,5-6,11-12,18H2. The molecule has 2 aromatic carbocycles. The minimum atomic E-state index is 0.341. The maximum absolute atomic E-state index is 11.9. The number of carbonyl (C=O) groups excluding carboxylic acids is 1. The summed E-state index contributed by atoms with van der Waals surface area (Å²) in [6.07, 6.45) is 2.95. The van der Waals surface area contributed by atoms with Crippen molar-refractivity contribution >= 4 is 35.0 Å². The van der Waals surface area contributed by atoms with Gasteiger partial charge < -0.3 is 0 Å². The molecule has 0 saturated carbocycles. The Hall–Kier alpha value is -1.35. The Labute approximate surface area is 129 Å². The number of hydrogen-bond acceptors (Lipinski definition) is 1. The van der Waals surface area contributed by atoms with Crippen molar-refractivity contribution in [1.29, 1.82) is 0 Å². The summed E-state index contributed by atoms with van der Waals surface area (Å²) >= 11 is 3.41. The Balaban J connectivity index is 1.75. The molecule has 2 aromatic rings. The van der Waals surface area contributed by atoms with Crippen molar-refractivity contribution in [3.63, 3.8) is 0 Å². The summed E-state index contributed by atoms with van der Waals surface area (Å²) in [6.45, 7) is 0. The van der Waals surface area contributed by atoms with E-state index in [2.05, 4.69) is 60.2 Å². The summed E-state index contributed by atoms with van der Waals surface area (Å²) in [4.78, 5) is 11.9. The van der Waals surface area contributed by atoms with Gasteiger partial charge in [0.25, 0.3) is 0 Å². The highest BCUT2D eigenvalue weighted by Crippen LogP contribution is 2.12. The van der Waals surface area contributed by atoms with Crippen LogP contribution in [0, 0.1) is 0 Å². The zero-order valence-corrected chi connectivity index (χ0v) is 13.3. The van der Waals surface area contributed by atoms with E-state index < -0.39 is 0 Å². The van der Waals surface area contributed by atoms with Crippen LogP contribution in [-0.2, 0) is 17.6 Å². The molecule has 0 atom stereocenters. The van der Waals surface area contributed by atoms with Crippen LogP contribution >= 0.6 is 15.9 Å². The van der Waals surface area contributed by atoms with Gasteiger partial charge >= 0.3 is 0 Å². The number of carbonyl (C=O) groups is 1. The molecule has 0 heterocycles. The molecular formula is C17H18BBrO. The molecular weight excluding hydrogens is 311 g/mol. The lowest BCUT2D eigenvalue weighted by molar-refractivity contribution is -0.119. The summed E-state index contributed by atoms with van der Waals surface area (Å²) in [6, 6.07) is 16.6. The molecule has 20 heavy (non-hydrogen) atoms. The van der Waals surface area contributed by atoms with Crippen molar-refractivity contribution in [3.05, 3.63) is 64.1 Å². The van der Waals surface area contributed by atoms with E-state index in [0.29, 0.717) is 18.6 Å². The predicted octanol–water partition coefficient (Wildman–Crippen LogP) is 2.84. The third-order valence-corrected chi connectivity index (χ3v) is 3.95. The number of Topliss-reactive ketones (excluding diaryl/α,β-unsaturated/α-hetero) is 1. The predicted molar refractivity (Wildman–Crippen MR) is 90.4 cm³/mol. The molecule has 1 nitrogen and oxygen atoms in total. The van der Waals surface area contributed by atoms with Crippen LogP contribution in [-0.4, -0.2) is 13.6 Å². The first-order chi connectivity index (χ1) is 9.63. The largest absolute Gasteiger partial charge is 0.300 e. The van der Waals surface area contributed by atoms with Crippen LogP contribution in [0.25, 0.3) is 0 Å². The van der Waals surface area contributed by atoms with E-state index >= 15 is 0 Å². The summed E-state index contributed by atoms with van der Waals surface area (Å²) < 4.78 is 1.08. The zero-order chi connectivity index (χ0) is 14.4. The first-order valence-corrected chi connectivity index (χ1v) is 7.74. The molecule has 0 saturated heterocycles. The Kier molecular flexibility index (Phi) is 5.60. The Morgan fingerprint density at radius 1 is 0.850 bits per heavy atom. The third-order valence-electron chi connectivity index (χ3n) is 3.42. The molecule has 0 aromatic heterocycles. The summed E-state index contributed by atoms with van der Waals surface area (Å²) in [5.41, 5.74) is 3.72. The van der Waals surface area contributed by atoms with E-state index in [0.717, 1.165) is 17.3 Å². The van der Waals surface area contributed by atoms with Gasteiger partial charge in [-0.15, -0.1) is 0 Å². The van der Waals surface area contributed by atoms with E-state index in [9.17, 15) is 4.79 Å². The first-order valence-electron chi connectivity index (χ1n) is 6.95. The molecule has 102 valence electrons. The fourth-order valence-electron chi connectivity index (χ4n) is 2.10. The van der Waals surface area contributed by atoms with Gasteiger partial charge in [-0.25, -0.2) is 0 Å². The highest BCUT2D eigenvalue weighted by atomic mass is 79.9. The number of rotatable bonds is 6. The Morgan fingerprint density at radius 2 is 1.30 bits per heavy atom. The van der Waals surface area contributed by atoms with E-state index in [-0.39, 0.29) is 0 Å². The van der Waals surface area contributed by atoms with E-state index in [1.54, 1.807) is 0 Å². The van der Waals surface area contributed by atoms with Gasteiger partial charge in [0.2, 0.25) is 0 Å². The highest BCUT2D eigenvalue weighted by Gasteiger charge is 2.04. The number of ketones is 1. The zero-order valence-electron chi connectivity index (χ0n) is 11.7. The number of aryl methyl sites for hydroxylation is 2. The molecule has 0 aliphatic heterocycles. The van der Waals surface area contributed by atoms with Crippen LogP contribution in [0.5, 0.6) is 0 Å². The summed E-state index contributed by atoms with van der Waals surface area (Å²) in [5.74, 6) is 0.341. The minimum Gasteiger partial charge on any atom is -0.300 e. The molecule has 3 heteroatoms. The average molecular weight is 329 g/mol. The minimum absolute atomic E-state index is 0.341. The smallest absolute Gasteiger partial charge is 0.139 e. The van der Waals surface area contributed by atoms with Crippen molar-refractivity contribution in [2.75, 3.05) is 0 Å². The molecule has 0 unspecified atom stereocenters. The molecule has 0 amide bonds. The number of benzene rings is 2. The fraction of sp³-hybridized carbons (Fsp3) is 0.235. The van der Waals surface area contributed by atoms with Gasteiger partial charge in [-0.2, -0.15) is 0 Å². The second kappa shape index (κ2) is 7.44. The lowest BCUT2D eigenvalue weighted by Gasteiger charge is -2.03. The number of halogens is 1. The van der Waals surface area contributed by atoms with E-state index in [1.807, 2.05) is 12.1 Å². The Bertz CT molecular complexity index is 509. The average Bonchev–Trinajstić information content (AvgIpc) is 2.46. The summed E-state index contributed by atoms with van der Waals surface area (Å²) in [7, 11) is 2.08. The SMILES string of the molecule is Bc1ccc(CCC(=O)CCc2ccc(Br)cc2)cc1.